The average molecular weight is 282 g/mol. The molecule has 0 radical (unpaired) electrons. The molecule has 0 unspecified atom stereocenters. The summed E-state index contributed by atoms with van der Waals surface area (Å²) in [7, 11) is 0. The van der Waals surface area contributed by atoms with Gasteiger partial charge in [-0.3, -0.25) is 0 Å². The topological polar surface area (TPSA) is 12.0 Å². The van der Waals surface area contributed by atoms with Crippen molar-refractivity contribution in [3.63, 3.8) is 0 Å². The van der Waals surface area contributed by atoms with Crippen LogP contribution in [0.2, 0.25) is 0 Å². The van der Waals surface area contributed by atoms with Gasteiger partial charge in [0.15, 0.2) is 0 Å². The number of anilines is 1. The lowest BCUT2D eigenvalue weighted by Gasteiger charge is -2.12. The molecule has 0 saturated heterocycles. The first-order chi connectivity index (χ1) is 7.61. The summed E-state index contributed by atoms with van der Waals surface area (Å²) in [5.41, 5.74) is 2.45. The van der Waals surface area contributed by atoms with Gasteiger partial charge in [-0.15, -0.1) is 0 Å². The van der Waals surface area contributed by atoms with Crippen molar-refractivity contribution in [1.29, 1.82) is 0 Å². The van der Waals surface area contributed by atoms with Crippen LogP contribution in [0.1, 0.15) is 33.6 Å². The van der Waals surface area contributed by atoms with Crippen LogP contribution >= 0.6 is 15.9 Å². The molecule has 2 heteroatoms. The number of hydrogen-bond acceptors (Lipinski definition) is 1. The smallest absolute Gasteiger partial charge is 0.0382 e. The fourth-order valence-electron chi connectivity index (χ4n) is 1.44. The Morgan fingerprint density at radius 1 is 1.31 bits per heavy atom. The zero-order valence-corrected chi connectivity index (χ0v) is 11.8. The number of hydrogen-bond donors (Lipinski definition) is 1. The van der Waals surface area contributed by atoms with E-state index in [1.165, 1.54) is 12.1 Å². The van der Waals surface area contributed by atoms with E-state index in [1.54, 1.807) is 0 Å². The molecule has 0 amide bonds. The van der Waals surface area contributed by atoms with Crippen LogP contribution in [0.25, 0.3) is 0 Å². The standard InChI is InChI=1S/C14H20BrN/c1-4-13(8-5-11(2)3)16-14-9-6-12(15)7-10-14/h4,6-7,9-11,16H,5,8H2,1-3H3/b13-4+. The minimum Gasteiger partial charge on any atom is -0.359 e. The first kappa shape index (κ1) is 13.3. The lowest BCUT2D eigenvalue weighted by molar-refractivity contribution is 0.585. The number of benzene rings is 1. The Morgan fingerprint density at radius 3 is 2.44 bits per heavy atom. The molecule has 0 atom stereocenters. The summed E-state index contributed by atoms with van der Waals surface area (Å²) < 4.78 is 1.11. The third kappa shape index (κ3) is 4.84. The normalized spacial score (nSPS) is 11.9. The molecule has 0 bridgehead atoms. The Morgan fingerprint density at radius 2 is 1.94 bits per heavy atom. The van der Waals surface area contributed by atoms with E-state index in [0.717, 1.165) is 22.5 Å². The number of nitrogens with one attached hydrogen (secondary N) is 1. The van der Waals surface area contributed by atoms with E-state index in [4.69, 9.17) is 0 Å². The second-order valence-electron chi connectivity index (χ2n) is 4.38. The molecule has 1 aromatic rings. The molecule has 16 heavy (non-hydrogen) atoms. The quantitative estimate of drug-likeness (QED) is 0.782. The molecule has 0 heterocycles. The molecule has 0 aliphatic heterocycles. The van der Waals surface area contributed by atoms with Gasteiger partial charge in [0.05, 0.1) is 0 Å². The highest BCUT2D eigenvalue weighted by molar-refractivity contribution is 9.10. The zero-order chi connectivity index (χ0) is 12.0. The molecule has 0 aromatic heterocycles. The molecule has 0 spiro atoms. The molecule has 0 saturated carbocycles. The van der Waals surface area contributed by atoms with E-state index in [1.807, 2.05) is 0 Å². The van der Waals surface area contributed by atoms with Gasteiger partial charge in [-0.25, -0.2) is 0 Å². The van der Waals surface area contributed by atoms with Gasteiger partial charge in [-0.1, -0.05) is 35.9 Å². The molecule has 1 nitrogen and oxygen atoms in total. The predicted octanol–water partition coefficient (Wildman–Crippen LogP) is 5.20. The van der Waals surface area contributed by atoms with E-state index in [0.29, 0.717) is 0 Å². The van der Waals surface area contributed by atoms with Crippen molar-refractivity contribution in [3.05, 3.63) is 40.5 Å². The summed E-state index contributed by atoms with van der Waals surface area (Å²) >= 11 is 3.44. The molecular weight excluding hydrogens is 262 g/mol. The van der Waals surface area contributed by atoms with E-state index in [9.17, 15) is 0 Å². The summed E-state index contributed by atoms with van der Waals surface area (Å²) in [5, 5.41) is 3.45. The van der Waals surface area contributed by atoms with Crippen LogP contribution < -0.4 is 5.32 Å². The highest BCUT2D eigenvalue weighted by atomic mass is 79.9. The van der Waals surface area contributed by atoms with Gasteiger partial charge in [0.2, 0.25) is 0 Å². The Hall–Kier alpha value is -0.760. The molecule has 1 aromatic carbocycles. The molecule has 0 fully saturated rings. The van der Waals surface area contributed by atoms with Gasteiger partial charge >= 0.3 is 0 Å². The fraction of sp³-hybridized carbons (Fsp3) is 0.429. The lowest BCUT2D eigenvalue weighted by atomic mass is 10.1. The molecule has 1 N–H and O–H groups in total. The van der Waals surface area contributed by atoms with Crippen LogP contribution in [0.3, 0.4) is 0 Å². The molecule has 88 valence electrons. The van der Waals surface area contributed by atoms with Gasteiger partial charge in [-0.2, -0.15) is 0 Å². The van der Waals surface area contributed by atoms with Crippen LogP contribution in [0.4, 0.5) is 5.69 Å². The number of halogens is 1. The highest BCUT2D eigenvalue weighted by Gasteiger charge is 2.00. The average Bonchev–Trinajstić information content (AvgIpc) is 2.26. The first-order valence-corrected chi connectivity index (χ1v) is 6.59. The van der Waals surface area contributed by atoms with Gasteiger partial charge in [0.25, 0.3) is 0 Å². The zero-order valence-electron chi connectivity index (χ0n) is 10.3. The second-order valence-corrected chi connectivity index (χ2v) is 5.29. The summed E-state index contributed by atoms with van der Waals surface area (Å²) in [6.45, 7) is 6.60. The minimum atomic E-state index is 0.752. The van der Waals surface area contributed by atoms with Crippen molar-refractivity contribution in [2.45, 2.75) is 33.6 Å². The summed E-state index contributed by atoms with van der Waals surface area (Å²) in [4.78, 5) is 0. The molecule has 0 aliphatic carbocycles. The van der Waals surface area contributed by atoms with Crippen molar-refractivity contribution >= 4 is 21.6 Å². The maximum absolute atomic E-state index is 3.45. The van der Waals surface area contributed by atoms with Crippen molar-refractivity contribution in [2.75, 3.05) is 5.32 Å². The maximum Gasteiger partial charge on any atom is 0.0382 e. The monoisotopic (exact) mass is 281 g/mol. The van der Waals surface area contributed by atoms with E-state index in [-0.39, 0.29) is 0 Å². The van der Waals surface area contributed by atoms with Crippen molar-refractivity contribution in [2.24, 2.45) is 5.92 Å². The van der Waals surface area contributed by atoms with Gasteiger partial charge < -0.3 is 5.32 Å². The Bertz CT molecular complexity index is 338. The highest BCUT2D eigenvalue weighted by Crippen LogP contribution is 2.18. The minimum absolute atomic E-state index is 0.752. The predicted molar refractivity (Wildman–Crippen MR) is 75.6 cm³/mol. The van der Waals surface area contributed by atoms with Crippen LogP contribution in [0.5, 0.6) is 0 Å². The largest absolute Gasteiger partial charge is 0.359 e. The fourth-order valence-corrected chi connectivity index (χ4v) is 1.71. The number of rotatable bonds is 5. The third-order valence-electron chi connectivity index (χ3n) is 2.49. The SMILES string of the molecule is C/C=C(\CCC(C)C)Nc1ccc(Br)cc1. The summed E-state index contributed by atoms with van der Waals surface area (Å²) in [6, 6.07) is 8.28. The van der Waals surface area contributed by atoms with E-state index in [2.05, 4.69) is 72.4 Å². The van der Waals surface area contributed by atoms with Crippen LogP contribution in [-0.2, 0) is 0 Å². The van der Waals surface area contributed by atoms with Crippen molar-refractivity contribution < 1.29 is 0 Å². The molecule has 0 aliphatic rings. The summed E-state index contributed by atoms with van der Waals surface area (Å²) in [5.74, 6) is 0.752. The Balaban J connectivity index is 2.54. The van der Waals surface area contributed by atoms with Gasteiger partial charge in [-0.05, 0) is 49.9 Å². The van der Waals surface area contributed by atoms with Crippen LogP contribution in [-0.4, -0.2) is 0 Å². The lowest BCUT2D eigenvalue weighted by Crippen LogP contribution is -2.01. The van der Waals surface area contributed by atoms with E-state index >= 15 is 0 Å². The first-order valence-electron chi connectivity index (χ1n) is 5.79. The van der Waals surface area contributed by atoms with Crippen molar-refractivity contribution in [3.8, 4) is 0 Å². The van der Waals surface area contributed by atoms with Crippen molar-refractivity contribution in [1.82, 2.24) is 0 Å². The Kier molecular flexibility index (Phi) is 5.61. The third-order valence-corrected chi connectivity index (χ3v) is 3.02. The van der Waals surface area contributed by atoms with Gasteiger partial charge in [0, 0.05) is 15.9 Å². The van der Waals surface area contributed by atoms with Gasteiger partial charge in [0.1, 0.15) is 0 Å². The van der Waals surface area contributed by atoms with Crippen LogP contribution in [0.15, 0.2) is 40.5 Å². The summed E-state index contributed by atoms with van der Waals surface area (Å²) in [6.07, 6.45) is 4.50. The van der Waals surface area contributed by atoms with Crippen LogP contribution in [0, 0.1) is 5.92 Å². The molecule has 1 rings (SSSR count). The Labute approximate surface area is 107 Å². The maximum atomic E-state index is 3.45. The molecular formula is C14H20BrN. The van der Waals surface area contributed by atoms with E-state index < -0.39 is 0 Å². The second kappa shape index (κ2) is 6.74. The number of allylic oxidation sites excluding steroid dienone is 2.